The van der Waals surface area contributed by atoms with Gasteiger partial charge in [0.1, 0.15) is 12.4 Å². The summed E-state index contributed by atoms with van der Waals surface area (Å²) >= 11 is 0. The fraction of sp³-hybridized carbons (Fsp3) is 0.240. The zero-order valence-corrected chi connectivity index (χ0v) is 19.0. The summed E-state index contributed by atoms with van der Waals surface area (Å²) in [6, 6.07) is 15.2. The fourth-order valence-electron chi connectivity index (χ4n) is 4.40. The van der Waals surface area contributed by atoms with E-state index in [-0.39, 0.29) is 29.9 Å². The van der Waals surface area contributed by atoms with Crippen LogP contribution >= 0.6 is 0 Å². The molecule has 3 aromatic rings. The van der Waals surface area contributed by atoms with Crippen LogP contribution in [-0.4, -0.2) is 29.6 Å². The van der Waals surface area contributed by atoms with Crippen molar-refractivity contribution >= 4 is 23.3 Å². The minimum atomic E-state index is -3.72. The number of amides is 2. The summed E-state index contributed by atoms with van der Waals surface area (Å²) in [7, 11) is 0. The number of benzene rings is 2. The van der Waals surface area contributed by atoms with E-state index in [0.717, 1.165) is 11.1 Å². The number of aromatic nitrogens is 1. The first kappa shape index (κ1) is 22.1. The number of rotatable bonds is 5. The lowest BCUT2D eigenvalue weighted by atomic mass is 9.94. The van der Waals surface area contributed by atoms with Crippen LogP contribution in [0.1, 0.15) is 24.0 Å². The maximum Gasteiger partial charge on any atom is 0.586 e. The quantitative estimate of drug-likeness (QED) is 0.554. The van der Waals surface area contributed by atoms with Crippen molar-refractivity contribution in [2.24, 2.45) is 10.3 Å². The van der Waals surface area contributed by atoms with Gasteiger partial charge in [0.25, 0.3) is 5.91 Å². The number of carbonyl (C=O) groups excluding carboxylic acids is 2. The van der Waals surface area contributed by atoms with Gasteiger partial charge in [0.2, 0.25) is 5.91 Å². The van der Waals surface area contributed by atoms with Gasteiger partial charge in [-0.2, -0.15) is 10.1 Å². The standard InChI is InChI=1S/C25H19F2N5O4/c1-14-5-8-20(29-22(14)15-3-2-4-17(11-15)32-21(33)13-28-31-32)30-23(34)24(9-10-24)16-6-7-18-19(12-16)36-25(26,27)35-18/h2-8,11-12H,9-10,13H2,1H3,(H,29,30,34). The molecule has 9 nitrogen and oxygen atoms in total. The molecule has 2 aromatic carbocycles. The Labute approximate surface area is 203 Å². The van der Waals surface area contributed by atoms with E-state index in [4.69, 9.17) is 0 Å². The highest BCUT2D eigenvalue weighted by atomic mass is 19.3. The number of hydrogen-bond donors (Lipinski definition) is 1. The maximum atomic E-state index is 13.4. The Morgan fingerprint density at radius 1 is 1.06 bits per heavy atom. The van der Waals surface area contributed by atoms with Crippen LogP contribution in [0, 0.1) is 6.92 Å². The number of alkyl halides is 2. The summed E-state index contributed by atoms with van der Waals surface area (Å²) in [6.45, 7) is 1.91. The molecule has 182 valence electrons. The Kier molecular flexibility index (Phi) is 4.79. The molecular formula is C25H19F2N5O4. The van der Waals surface area contributed by atoms with Gasteiger partial charge >= 0.3 is 6.29 Å². The van der Waals surface area contributed by atoms with Crippen LogP contribution in [0.5, 0.6) is 11.5 Å². The second-order valence-electron chi connectivity index (χ2n) is 8.87. The molecule has 2 amide bonds. The fourth-order valence-corrected chi connectivity index (χ4v) is 4.40. The zero-order valence-electron chi connectivity index (χ0n) is 19.0. The summed E-state index contributed by atoms with van der Waals surface area (Å²) in [5.74, 6) is -0.319. The molecule has 2 aliphatic heterocycles. The number of pyridine rings is 1. The van der Waals surface area contributed by atoms with Gasteiger partial charge < -0.3 is 14.8 Å². The lowest BCUT2D eigenvalue weighted by Gasteiger charge is -2.17. The molecule has 1 fully saturated rings. The van der Waals surface area contributed by atoms with Crippen molar-refractivity contribution in [2.75, 3.05) is 16.9 Å². The largest absolute Gasteiger partial charge is 0.586 e. The van der Waals surface area contributed by atoms with Gasteiger partial charge in [-0.15, -0.1) is 8.78 Å². The van der Waals surface area contributed by atoms with Crippen LogP contribution in [0.2, 0.25) is 0 Å². The molecule has 0 bridgehead atoms. The number of fused-ring (bicyclic) bond motifs is 1. The van der Waals surface area contributed by atoms with Crippen LogP contribution in [0.15, 0.2) is 64.9 Å². The molecule has 0 saturated heterocycles. The monoisotopic (exact) mass is 491 g/mol. The van der Waals surface area contributed by atoms with E-state index < -0.39 is 11.7 Å². The van der Waals surface area contributed by atoms with Crippen molar-refractivity contribution < 1.29 is 27.8 Å². The number of carbonyl (C=O) groups is 2. The van der Waals surface area contributed by atoms with Gasteiger partial charge in [0.05, 0.1) is 16.8 Å². The number of nitrogens with one attached hydrogen (secondary N) is 1. The van der Waals surface area contributed by atoms with Gasteiger partial charge in [0.15, 0.2) is 11.5 Å². The lowest BCUT2D eigenvalue weighted by molar-refractivity contribution is -0.286. The first-order chi connectivity index (χ1) is 17.2. The Morgan fingerprint density at radius 2 is 1.86 bits per heavy atom. The second-order valence-corrected chi connectivity index (χ2v) is 8.87. The van der Waals surface area contributed by atoms with Crippen molar-refractivity contribution in [3.63, 3.8) is 0 Å². The minimum Gasteiger partial charge on any atom is -0.395 e. The summed E-state index contributed by atoms with van der Waals surface area (Å²) < 4.78 is 35.8. The molecular weight excluding hydrogens is 472 g/mol. The number of halogens is 2. The number of anilines is 2. The van der Waals surface area contributed by atoms with Crippen LogP contribution in [0.4, 0.5) is 20.3 Å². The predicted molar refractivity (Wildman–Crippen MR) is 124 cm³/mol. The molecule has 1 N–H and O–H groups in total. The highest BCUT2D eigenvalue weighted by Gasteiger charge is 2.53. The molecule has 36 heavy (non-hydrogen) atoms. The highest BCUT2D eigenvalue weighted by Crippen LogP contribution is 2.52. The van der Waals surface area contributed by atoms with E-state index in [1.807, 2.05) is 19.1 Å². The molecule has 0 unspecified atom stereocenters. The summed E-state index contributed by atoms with van der Waals surface area (Å²) in [5.41, 5.74) is 2.54. The Balaban J connectivity index is 1.25. The average molecular weight is 491 g/mol. The van der Waals surface area contributed by atoms with E-state index in [1.54, 1.807) is 30.3 Å². The molecule has 0 radical (unpaired) electrons. The summed E-state index contributed by atoms with van der Waals surface area (Å²) in [6.07, 6.45) is -2.59. The molecule has 3 aliphatic rings. The normalized spacial score (nSPS) is 18.4. The Morgan fingerprint density at radius 3 is 2.61 bits per heavy atom. The highest BCUT2D eigenvalue weighted by molar-refractivity contribution is 6.01. The average Bonchev–Trinajstić information content (AvgIpc) is 3.45. The topological polar surface area (TPSA) is 105 Å². The van der Waals surface area contributed by atoms with Crippen molar-refractivity contribution in [1.82, 2.24) is 4.98 Å². The molecule has 0 spiro atoms. The Hall–Kier alpha value is -4.41. The van der Waals surface area contributed by atoms with Gasteiger partial charge in [-0.05, 0) is 61.2 Å². The van der Waals surface area contributed by atoms with Gasteiger partial charge in [-0.3, -0.25) is 9.59 Å². The number of ether oxygens (including phenoxy) is 2. The molecule has 1 aliphatic carbocycles. The number of hydrogen-bond acceptors (Lipinski definition) is 7. The summed E-state index contributed by atoms with van der Waals surface area (Å²) in [4.78, 5) is 29.9. The maximum absolute atomic E-state index is 13.4. The first-order valence-corrected chi connectivity index (χ1v) is 11.2. The third-order valence-electron chi connectivity index (χ3n) is 6.44. The SMILES string of the molecule is Cc1ccc(NC(=O)C2(c3ccc4c(c3)OC(F)(F)O4)CC2)nc1-c1cccc(N2N=NCC2=O)c1. The first-order valence-electron chi connectivity index (χ1n) is 11.2. The van der Waals surface area contributed by atoms with E-state index in [2.05, 4.69) is 30.1 Å². The van der Waals surface area contributed by atoms with E-state index in [1.165, 1.54) is 17.1 Å². The van der Waals surface area contributed by atoms with Crippen molar-refractivity contribution in [3.05, 3.63) is 65.7 Å². The van der Waals surface area contributed by atoms with Crippen molar-refractivity contribution in [3.8, 4) is 22.8 Å². The third kappa shape index (κ3) is 3.72. The van der Waals surface area contributed by atoms with Crippen molar-refractivity contribution in [1.29, 1.82) is 0 Å². The third-order valence-corrected chi connectivity index (χ3v) is 6.44. The molecule has 3 heterocycles. The minimum absolute atomic E-state index is 0.0105. The van der Waals surface area contributed by atoms with E-state index in [0.29, 0.717) is 35.6 Å². The summed E-state index contributed by atoms with van der Waals surface area (Å²) in [5, 5.41) is 11.7. The van der Waals surface area contributed by atoms with Crippen LogP contribution in [0.25, 0.3) is 11.3 Å². The van der Waals surface area contributed by atoms with Crippen LogP contribution in [-0.2, 0) is 15.0 Å². The predicted octanol–water partition coefficient (Wildman–Crippen LogP) is 4.76. The number of nitrogens with zero attached hydrogens (tertiary/aromatic N) is 4. The Bertz CT molecular complexity index is 1450. The van der Waals surface area contributed by atoms with Crippen LogP contribution in [0.3, 0.4) is 0 Å². The van der Waals surface area contributed by atoms with Crippen LogP contribution < -0.4 is 19.8 Å². The van der Waals surface area contributed by atoms with Gasteiger partial charge in [0, 0.05) is 5.56 Å². The molecule has 11 heteroatoms. The number of aryl methyl sites for hydroxylation is 1. The van der Waals surface area contributed by atoms with Gasteiger partial charge in [-0.25, -0.2) is 4.98 Å². The lowest BCUT2D eigenvalue weighted by Crippen LogP contribution is -2.28. The van der Waals surface area contributed by atoms with E-state index >= 15 is 0 Å². The smallest absolute Gasteiger partial charge is 0.395 e. The van der Waals surface area contributed by atoms with E-state index in [9.17, 15) is 18.4 Å². The molecule has 1 saturated carbocycles. The molecule has 1 aromatic heterocycles. The molecule has 6 rings (SSSR count). The second kappa shape index (κ2) is 7.80. The van der Waals surface area contributed by atoms with Gasteiger partial charge in [-0.1, -0.05) is 29.5 Å². The molecule has 0 atom stereocenters. The van der Waals surface area contributed by atoms with Crippen molar-refractivity contribution in [2.45, 2.75) is 31.5 Å². The zero-order chi connectivity index (χ0) is 25.1.